The fourth-order valence-electron chi connectivity index (χ4n) is 2.96. The zero-order valence-electron chi connectivity index (χ0n) is 14.8. The highest BCUT2D eigenvalue weighted by molar-refractivity contribution is 9.10. The Kier molecular flexibility index (Phi) is 5.18. The van der Waals surface area contributed by atoms with Crippen molar-refractivity contribution < 1.29 is 19.1 Å². The molecule has 0 saturated carbocycles. The fraction of sp³-hybridized carbons (Fsp3) is 0.263. The van der Waals surface area contributed by atoms with Gasteiger partial charge in [-0.3, -0.25) is 4.90 Å². The van der Waals surface area contributed by atoms with E-state index in [1.54, 1.807) is 36.1 Å². The number of anilines is 1. The maximum absolute atomic E-state index is 12.8. The van der Waals surface area contributed by atoms with Crippen LogP contribution in [0, 0.1) is 0 Å². The van der Waals surface area contributed by atoms with Gasteiger partial charge in [0.25, 0.3) is 0 Å². The van der Waals surface area contributed by atoms with E-state index in [2.05, 4.69) is 15.9 Å². The van der Waals surface area contributed by atoms with Gasteiger partial charge in [0, 0.05) is 23.6 Å². The molecule has 1 heterocycles. The third-order valence-electron chi connectivity index (χ3n) is 4.39. The average Bonchev–Trinajstić information content (AvgIpc) is 2.66. The van der Waals surface area contributed by atoms with Gasteiger partial charge < -0.3 is 14.4 Å². The molecule has 0 aliphatic carbocycles. The number of nitrogens with zero attached hydrogens (tertiary/aromatic N) is 2. The number of esters is 1. The summed E-state index contributed by atoms with van der Waals surface area (Å²) in [6.45, 7) is 0.935. The predicted octanol–water partition coefficient (Wildman–Crippen LogP) is 3.82. The molecule has 0 unspecified atom stereocenters. The lowest BCUT2D eigenvalue weighted by Gasteiger charge is -2.36. The van der Waals surface area contributed by atoms with Crippen molar-refractivity contribution in [1.82, 2.24) is 4.90 Å². The summed E-state index contributed by atoms with van der Waals surface area (Å²) in [4.78, 5) is 27.9. The van der Waals surface area contributed by atoms with Gasteiger partial charge in [-0.2, -0.15) is 0 Å². The second kappa shape index (κ2) is 7.37. The van der Waals surface area contributed by atoms with Gasteiger partial charge >= 0.3 is 12.0 Å². The first-order valence-corrected chi connectivity index (χ1v) is 8.80. The molecule has 3 rings (SSSR count). The van der Waals surface area contributed by atoms with Gasteiger partial charge in [-0.1, -0.05) is 28.1 Å². The molecule has 136 valence electrons. The number of carbonyl (C=O) groups excluding carboxylic acids is 2. The van der Waals surface area contributed by atoms with Gasteiger partial charge in [-0.25, -0.2) is 9.59 Å². The minimum Gasteiger partial charge on any atom is -0.497 e. The van der Waals surface area contributed by atoms with E-state index < -0.39 is 5.97 Å². The number of halogens is 1. The number of rotatable bonds is 4. The monoisotopic (exact) mass is 418 g/mol. The first-order valence-electron chi connectivity index (χ1n) is 8.01. The third-order valence-corrected chi connectivity index (χ3v) is 5.10. The molecule has 2 aromatic carbocycles. The number of carbonyl (C=O) groups is 2. The van der Waals surface area contributed by atoms with E-state index >= 15 is 0 Å². The van der Waals surface area contributed by atoms with Crippen LogP contribution in [0.1, 0.15) is 21.5 Å². The largest absolute Gasteiger partial charge is 0.497 e. The van der Waals surface area contributed by atoms with Gasteiger partial charge in [-0.15, -0.1) is 0 Å². The summed E-state index contributed by atoms with van der Waals surface area (Å²) in [5.74, 6) is 0.342. The molecule has 2 amide bonds. The SMILES string of the molecule is COC(=O)c1cc(Br)c2c(c1)N(C)C(=O)N(Cc1ccc(OC)cc1)C2. The predicted molar refractivity (Wildman–Crippen MR) is 102 cm³/mol. The maximum Gasteiger partial charge on any atom is 0.337 e. The van der Waals surface area contributed by atoms with E-state index in [0.29, 0.717) is 24.3 Å². The normalized spacial score (nSPS) is 13.5. The van der Waals surface area contributed by atoms with Crippen LogP contribution in [0.15, 0.2) is 40.9 Å². The maximum atomic E-state index is 12.8. The summed E-state index contributed by atoms with van der Waals surface area (Å²) in [5.41, 5.74) is 3.07. The average molecular weight is 419 g/mol. The van der Waals surface area contributed by atoms with Gasteiger partial charge in [0.1, 0.15) is 5.75 Å². The van der Waals surface area contributed by atoms with E-state index in [1.165, 1.54) is 7.11 Å². The standard InChI is InChI=1S/C19H19BrN2O4/c1-21-17-9-13(18(23)26-3)8-16(20)15(17)11-22(19(21)24)10-12-4-6-14(25-2)7-5-12/h4-9H,10-11H2,1-3H3. The van der Waals surface area contributed by atoms with E-state index in [-0.39, 0.29) is 6.03 Å². The summed E-state index contributed by atoms with van der Waals surface area (Å²) in [6, 6.07) is 10.9. The molecular formula is C19H19BrN2O4. The van der Waals surface area contributed by atoms with Crippen LogP contribution in [-0.2, 0) is 17.8 Å². The van der Waals surface area contributed by atoms with Gasteiger partial charge in [0.2, 0.25) is 0 Å². The molecule has 2 aromatic rings. The Balaban J connectivity index is 1.89. The number of methoxy groups -OCH3 is 2. The Labute approximate surface area is 160 Å². The van der Waals surface area contributed by atoms with E-state index in [9.17, 15) is 9.59 Å². The molecule has 0 N–H and O–H groups in total. The lowest BCUT2D eigenvalue weighted by molar-refractivity contribution is 0.0600. The Morgan fingerprint density at radius 3 is 2.50 bits per heavy atom. The number of hydrogen-bond donors (Lipinski definition) is 0. The summed E-state index contributed by atoms with van der Waals surface area (Å²) in [7, 11) is 4.66. The highest BCUT2D eigenvalue weighted by Crippen LogP contribution is 2.35. The zero-order chi connectivity index (χ0) is 18.8. The van der Waals surface area contributed by atoms with E-state index in [4.69, 9.17) is 9.47 Å². The summed E-state index contributed by atoms with van der Waals surface area (Å²) in [6.07, 6.45) is 0. The second-order valence-corrected chi connectivity index (χ2v) is 6.85. The molecule has 7 heteroatoms. The van der Waals surface area contributed by atoms with E-state index in [0.717, 1.165) is 21.3 Å². The van der Waals surface area contributed by atoms with Crippen LogP contribution in [0.25, 0.3) is 0 Å². The molecule has 0 fully saturated rings. The van der Waals surface area contributed by atoms with Crippen LogP contribution in [0.4, 0.5) is 10.5 Å². The van der Waals surface area contributed by atoms with Crippen LogP contribution in [0.3, 0.4) is 0 Å². The number of amides is 2. The van der Waals surface area contributed by atoms with Crippen LogP contribution in [-0.4, -0.2) is 38.2 Å². The molecule has 1 aliphatic rings. The van der Waals surface area contributed by atoms with Crippen LogP contribution < -0.4 is 9.64 Å². The minimum absolute atomic E-state index is 0.123. The highest BCUT2D eigenvalue weighted by Gasteiger charge is 2.30. The molecule has 1 aliphatic heterocycles. The Hall–Kier alpha value is -2.54. The lowest BCUT2D eigenvalue weighted by atomic mass is 10.0. The topological polar surface area (TPSA) is 59.1 Å². The van der Waals surface area contributed by atoms with Crippen molar-refractivity contribution in [2.45, 2.75) is 13.1 Å². The molecule has 0 radical (unpaired) electrons. The minimum atomic E-state index is -0.435. The molecule has 26 heavy (non-hydrogen) atoms. The zero-order valence-corrected chi connectivity index (χ0v) is 16.4. The highest BCUT2D eigenvalue weighted by atomic mass is 79.9. The van der Waals surface area contributed by atoms with Crippen LogP contribution in [0.2, 0.25) is 0 Å². The number of benzene rings is 2. The first-order chi connectivity index (χ1) is 12.4. The first kappa shape index (κ1) is 18.3. The lowest BCUT2D eigenvalue weighted by Crippen LogP contribution is -2.44. The van der Waals surface area contributed by atoms with Gasteiger partial charge in [0.15, 0.2) is 0 Å². The molecule has 0 aromatic heterocycles. The summed E-state index contributed by atoms with van der Waals surface area (Å²) in [5, 5.41) is 0. The Morgan fingerprint density at radius 1 is 1.19 bits per heavy atom. The Morgan fingerprint density at radius 2 is 1.88 bits per heavy atom. The van der Waals surface area contributed by atoms with Crippen molar-refractivity contribution in [3.05, 3.63) is 57.6 Å². The molecule has 0 bridgehead atoms. The molecule has 6 nitrogen and oxygen atoms in total. The molecule has 0 spiro atoms. The van der Waals surface area contributed by atoms with Crippen LogP contribution >= 0.6 is 15.9 Å². The summed E-state index contributed by atoms with van der Waals surface area (Å²) >= 11 is 3.52. The van der Waals surface area contributed by atoms with Crippen molar-refractivity contribution in [2.75, 3.05) is 26.2 Å². The Bertz CT molecular complexity index is 851. The van der Waals surface area contributed by atoms with Crippen molar-refractivity contribution in [3.8, 4) is 5.75 Å². The van der Waals surface area contributed by atoms with Crippen molar-refractivity contribution in [2.24, 2.45) is 0 Å². The van der Waals surface area contributed by atoms with Crippen molar-refractivity contribution >= 4 is 33.6 Å². The molecule has 0 atom stereocenters. The number of urea groups is 1. The molecular weight excluding hydrogens is 400 g/mol. The smallest absolute Gasteiger partial charge is 0.337 e. The quantitative estimate of drug-likeness (QED) is 0.708. The number of hydrogen-bond acceptors (Lipinski definition) is 4. The fourth-order valence-corrected chi connectivity index (χ4v) is 3.54. The second-order valence-electron chi connectivity index (χ2n) is 5.99. The van der Waals surface area contributed by atoms with Crippen LogP contribution in [0.5, 0.6) is 5.75 Å². The number of fused-ring (bicyclic) bond motifs is 1. The van der Waals surface area contributed by atoms with Crippen molar-refractivity contribution in [3.63, 3.8) is 0 Å². The van der Waals surface area contributed by atoms with Gasteiger partial charge in [0.05, 0.1) is 32.0 Å². The molecule has 0 saturated heterocycles. The van der Waals surface area contributed by atoms with E-state index in [1.807, 2.05) is 24.3 Å². The van der Waals surface area contributed by atoms with Gasteiger partial charge in [-0.05, 0) is 29.8 Å². The summed E-state index contributed by atoms with van der Waals surface area (Å²) < 4.78 is 10.7. The number of ether oxygens (including phenoxy) is 2. The van der Waals surface area contributed by atoms with Crippen molar-refractivity contribution in [1.29, 1.82) is 0 Å². The third kappa shape index (κ3) is 3.39.